The molecule has 4 unspecified atom stereocenters. The minimum atomic E-state index is -0.230. The van der Waals surface area contributed by atoms with Gasteiger partial charge in [-0.25, -0.2) is 0 Å². The number of primary amides is 1. The third-order valence-corrected chi connectivity index (χ3v) is 5.11. The monoisotopic (exact) mass is 281 g/mol. The van der Waals surface area contributed by atoms with Gasteiger partial charge in [-0.1, -0.05) is 20.3 Å². The fourth-order valence-electron chi connectivity index (χ4n) is 4.15. The molecule has 4 heteroatoms. The van der Waals surface area contributed by atoms with E-state index in [9.17, 15) is 4.79 Å². The molecule has 1 amide bonds. The first-order chi connectivity index (χ1) is 9.45. The molecule has 0 aliphatic heterocycles. The Morgan fingerprint density at radius 1 is 1.35 bits per heavy atom. The molecule has 0 aromatic rings. The first-order valence-electron chi connectivity index (χ1n) is 8.19. The van der Waals surface area contributed by atoms with Crippen LogP contribution in [0.1, 0.15) is 46.0 Å². The molecule has 2 fully saturated rings. The summed E-state index contributed by atoms with van der Waals surface area (Å²) in [5.74, 6) is 2.65. The average Bonchev–Trinajstić information content (AvgIpc) is 2.95. The lowest BCUT2D eigenvalue weighted by molar-refractivity contribution is -0.120. The molecule has 4 atom stereocenters. The van der Waals surface area contributed by atoms with Crippen molar-refractivity contribution in [1.29, 1.82) is 0 Å². The van der Waals surface area contributed by atoms with Crippen molar-refractivity contribution in [2.75, 3.05) is 20.1 Å². The summed E-state index contributed by atoms with van der Waals surface area (Å²) in [7, 11) is 2.18. The predicted molar refractivity (Wildman–Crippen MR) is 82.3 cm³/mol. The van der Waals surface area contributed by atoms with Gasteiger partial charge in [-0.05, 0) is 57.0 Å². The Bertz CT molecular complexity index is 332. The lowest BCUT2D eigenvalue weighted by Crippen LogP contribution is -2.46. The largest absolute Gasteiger partial charge is 0.368 e. The van der Waals surface area contributed by atoms with Gasteiger partial charge in [0.2, 0.25) is 5.91 Å². The van der Waals surface area contributed by atoms with Gasteiger partial charge >= 0.3 is 0 Å². The van der Waals surface area contributed by atoms with E-state index in [1.54, 1.807) is 0 Å². The lowest BCUT2D eigenvalue weighted by atomic mass is 9.88. The number of nitrogens with two attached hydrogens (primary N) is 1. The molecule has 4 nitrogen and oxygen atoms in total. The molecule has 2 aliphatic carbocycles. The summed E-state index contributed by atoms with van der Waals surface area (Å²) >= 11 is 0. The Hall–Kier alpha value is -0.610. The molecule has 0 heterocycles. The van der Waals surface area contributed by atoms with Crippen molar-refractivity contribution in [3.63, 3.8) is 0 Å². The predicted octanol–water partition coefficient (Wildman–Crippen LogP) is 1.60. The summed E-state index contributed by atoms with van der Waals surface area (Å²) in [6.07, 6.45) is 6.62. The van der Waals surface area contributed by atoms with Gasteiger partial charge in [-0.2, -0.15) is 0 Å². The van der Waals surface area contributed by atoms with Crippen LogP contribution in [0.25, 0.3) is 0 Å². The molecule has 116 valence electrons. The quantitative estimate of drug-likeness (QED) is 0.710. The van der Waals surface area contributed by atoms with Crippen molar-refractivity contribution in [1.82, 2.24) is 10.2 Å². The average molecular weight is 281 g/mol. The highest BCUT2D eigenvalue weighted by molar-refractivity contribution is 5.79. The summed E-state index contributed by atoms with van der Waals surface area (Å²) in [5, 5.41) is 3.25. The van der Waals surface area contributed by atoms with Crippen molar-refractivity contribution < 1.29 is 4.79 Å². The number of fused-ring (bicyclic) bond motifs is 2. The van der Waals surface area contributed by atoms with Crippen LogP contribution in [0.2, 0.25) is 0 Å². The second kappa shape index (κ2) is 6.90. The van der Waals surface area contributed by atoms with Crippen LogP contribution in [0, 0.1) is 17.8 Å². The van der Waals surface area contributed by atoms with Crippen LogP contribution in [-0.4, -0.2) is 43.0 Å². The molecular weight excluding hydrogens is 250 g/mol. The highest BCUT2D eigenvalue weighted by Crippen LogP contribution is 2.48. The molecule has 3 N–H and O–H groups in total. The molecule has 2 bridgehead atoms. The second-order valence-electron chi connectivity index (χ2n) is 7.26. The van der Waals surface area contributed by atoms with E-state index in [0.717, 1.165) is 30.7 Å². The molecule has 0 aromatic carbocycles. The van der Waals surface area contributed by atoms with E-state index in [1.807, 2.05) is 0 Å². The summed E-state index contributed by atoms with van der Waals surface area (Å²) in [4.78, 5) is 13.8. The van der Waals surface area contributed by atoms with Crippen LogP contribution >= 0.6 is 0 Å². The normalized spacial score (nSPS) is 30.4. The van der Waals surface area contributed by atoms with Crippen LogP contribution in [0.3, 0.4) is 0 Å². The minimum absolute atomic E-state index is 0.197. The number of hydrogen-bond acceptors (Lipinski definition) is 3. The SMILES string of the molecule is CC(C)NC(CCN(C)CC1CC2CCC1C2)C(N)=O. The summed E-state index contributed by atoms with van der Waals surface area (Å²) in [5.41, 5.74) is 5.46. The van der Waals surface area contributed by atoms with E-state index in [-0.39, 0.29) is 11.9 Å². The number of amides is 1. The van der Waals surface area contributed by atoms with Crippen LogP contribution in [0.4, 0.5) is 0 Å². The fraction of sp³-hybridized carbons (Fsp3) is 0.938. The van der Waals surface area contributed by atoms with Crippen LogP contribution in [0.5, 0.6) is 0 Å². The van der Waals surface area contributed by atoms with Gasteiger partial charge in [0.15, 0.2) is 0 Å². The topological polar surface area (TPSA) is 58.4 Å². The van der Waals surface area contributed by atoms with Crippen molar-refractivity contribution in [3.05, 3.63) is 0 Å². The highest BCUT2D eigenvalue weighted by Gasteiger charge is 2.39. The molecule has 0 radical (unpaired) electrons. The Morgan fingerprint density at radius 3 is 2.60 bits per heavy atom. The van der Waals surface area contributed by atoms with E-state index < -0.39 is 0 Å². The first kappa shape index (κ1) is 15.8. The third-order valence-electron chi connectivity index (χ3n) is 5.11. The summed E-state index contributed by atoms with van der Waals surface area (Å²) in [6, 6.07) is 0.0980. The minimum Gasteiger partial charge on any atom is -0.368 e. The summed E-state index contributed by atoms with van der Waals surface area (Å²) in [6.45, 7) is 6.24. The number of rotatable bonds is 8. The maximum absolute atomic E-state index is 11.4. The van der Waals surface area contributed by atoms with Gasteiger partial charge < -0.3 is 16.0 Å². The molecule has 2 rings (SSSR count). The third kappa shape index (κ3) is 4.19. The standard InChI is InChI=1S/C16H31N3O/c1-11(2)18-15(16(17)20)6-7-19(3)10-14-9-12-4-5-13(14)8-12/h11-15,18H,4-10H2,1-3H3,(H2,17,20). The van der Waals surface area contributed by atoms with Crippen LogP contribution in [-0.2, 0) is 4.79 Å². The fourth-order valence-corrected chi connectivity index (χ4v) is 4.15. The zero-order valence-corrected chi connectivity index (χ0v) is 13.3. The molecule has 20 heavy (non-hydrogen) atoms. The number of nitrogens with one attached hydrogen (secondary N) is 1. The number of nitrogens with zero attached hydrogens (tertiary/aromatic N) is 1. The number of hydrogen-bond donors (Lipinski definition) is 2. The maximum Gasteiger partial charge on any atom is 0.234 e. The number of carbonyl (C=O) groups excluding carboxylic acids is 1. The Labute approximate surface area is 123 Å². The molecule has 0 saturated heterocycles. The van der Waals surface area contributed by atoms with Crippen LogP contribution < -0.4 is 11.1 Å². The van der Waals surface area contributed by atoms with E-state index in [0.29, 0.717) is 6.04 Å². The Balaban J connectivity index is 1.71. The van der Waals surface area contributed by atoms with Gasteiger partial charge in [0.25, 0.3) is 0 Å². The second-order valence-corrected chi connectivity index (χ2v) is 7.26. The zero-order chi connectivity index (χ0) is 14.7. The number of carbonyl (C=O) groups is 1. The molecule has 2 saturated carbocycles. The Morgan fingerprint density at radius 2 is 2.10 bits per heavy atom. The van der Waals surface area contributed by atoms with Crippen LogP contribution in [0.15, 0.2) is 0 Å². The van der Waals surface area contributed by atoms with E-state index >= 15 is 0 Å². The maximum atomic E-state index is 11.4. The Kier molecular flexibility index (Phi) is 5.44. The van der Waals surface area contributed by atoms with Gasteiger partial charge in [0, 0.05) is 12.6 Å². The van der Waals surface area contributed by atoms with Gasteiger partial charge in [-0.3, -0.25) is 4.79 Å². The molecular formula is C16H31N3O. The van der Waals surface area contributed by atoms with E-state index in [4.69, 9.17) is 5.73 Å². The van der Waals surface area contributed by atoms with Crippen molar-refractivity contribution in [2.45, 2.75) is 58.0 Å². The van der Waals surface area contributed by atoms with Gasteiger partial charge in [-0.15, -0.1) is 0 Å². The molecule has 0 aromatic heterocycles. The van der Waals surface area contributed by atoms with E-state index in [2.05, 4.69) is 31.1 Å². The first-order valence-corrected chi connectivity index (χ1v) is 8.19. The van der Waals surface area contributed by atoms with Gasteiger partial charge in [0.1, 0.15) is 0 Å². The van der Waals surface area contributed by atoms with E-state index in [1.165, 1.54) is 32.2 Å². The van der Waals surface area contributed by atoms with Gasteiger partial charge in [0.05, 0.1) is 6.04 Å². The highest BCUT2D eigenvalue weighted by atomic mass is 16.1. The lowest BCUT2D eigenvalue weighted by Gasteiger charge is -2.28. The van der Waals surface area contributed by atoms with Crippen molar-refractivity contribution in [2.24, 2.45) is 23.5 Å². The summed E-state index contributed by atoms with van der Waals surface area (Å²) < 4.78 is 0. The zero-order valence-electron chi connectivity index (χ0n) is 13.3. The molecule has 2 aliphatic rings. The smallest absolute Gasteiger partial charge is 0.234 e. The van der Waals surface area contributed by atoms with Crippen molar-refractivity contribution in [3.8, 4) is 0 Å². The molecule has 0 spiro atoms. The van der Waals surface area contributed by atoms with Crippen molar-refractivity contribution >= 4 is 5.91 Å².